The third-order valence-electron chi connectivity index (χ3n) is 2.03. The lowest BCUT2D eigenvalue weighted by atomic mass is 10.2. The van der Waals surface area contributed by atoms with E-state index in [1.165, 1.54) is 11.3 Å². The monoisotopic (exact) mass is 227 g/mol. The summed E-state index contributed by atoms with van der Waals surface area (Å²) in [5.41, 5.74) is 1.14. The number of amides is 1. The van der Waals surface area contributed by atoms with E-state index < -0.39 is 5.97 Å². The molecular weight excluding hydrogens is 214 g/mol. The Kier molecular flexibility index (Phi) is 3.85. The van der Waals surface area contributed by atoms with E-state index in [1.54, 1.807) is 0 Å². The van der Waals surface area contributed by atoms with Gasteiger partial charge in [0.05, 0.1) is 4.88 Å². The largest absolute Gasteiger partial charge is 0.480 e. The quantitative estimate of drug-likeness (QED) is 0.817. The van der Waals surface area contributed by atoms with Gasteiger partial charge in [0.1, 0.15) is 6.54 Å². The van der Waals surface area contributed by atoms with E-state index in [0.717, 1.165) is 16.9 Å². The number of carbonyl (C=O) groups excluding carboxylic acids is 1. The predicted molar refractivity (Wildman–Crippen MR) is 58.4 cm³/mol. The van der Waals surface area contributed by atoms with Crippen molar-refractivity contribution in [2.75, 3.05) is 6.54 Å². The highest BCUT2D eigenvalue weighted by Gasteiger charge is 2.11. The van der Waals surface area contributed by atoms with Gasteiger partial charge in [-0.15, -0.1) is 11.3 Å². The van der Waals surface area contributed by atoms with Crippen molar-refractivity contribution in [3.63, 3.8) is 0 Å². The number of thiophene rings is 1. The van der Waals surface area contributed by atoms with Crippen molar-refractivity contribution in [1.82, 2.24) is 5.32 Å². The summed E-state index contributed by atoms with van der Waals surface area (Å²) in [6.45, 7) is 3.64. The molecule has 1 rings (SSSR count). The van der Waals surface area contributed by atoms with Gasteiger partial charge in [0, 0.05) is 4.88 Å². The number of aryl methyl sites for hydroxylation is 2. The van der Waals surface area contributed by atoms with Crippen LogP contribution < -0.4 is 5.32 Å². The molecule has 0 aliphatic carbocycles. The molecule has 15 heavy (non-hydrogen) atoms. The van der Waals surface area contributed by atoms with E-state index in [0.29, 0.717) is 4.88 Å². The fraction of sp³-hybridized carbons (Fsp3) is 0.400. The Morgan fingerprint density at radius 2 is 2.20 bits per heavy atom. The van der Waals surface area contributed by atoms with Crippen molar-refractivity contribution in [2.24, 2.45) is 0 Å². The molecule has 1 amide bonds. The highest BCUT2D eigenvalue weighted by molar-refractivity contribution is 7.14. The molecule has 1 heterocycles. The molecule has 4 nitrogen and oxygen atoms in total. The average Bonchev–Trinajstić information content (AvgIpc) is 2.56. The van der Waals surface area contributed by atoms with Crippen molar-refractivity contribution in [3.05, 3.63) is 21.4 Å². The van der Waals surface area contributed by atoms with Crippen LogP contribution in [0.3, 0.4) is 0 Å². The van der Waals surface area contributed by atoms with Crippen LogP contribution in [-0.2, 0) is 11.2 Å². The number of carboxylic acid groups (broad SMARTS) is 1. The molecule has 82 valence electrons. The zero-order valence-corrected chi connectivity index (χ0v) is 9.48. The third kappa shape index (κ3) is 3.06. The number of aliphatic carboxylic acids is 1. The van der Waals surface area contributed by atoms with Crippen molar-refractivity contribution in [3.8, 4) is 0 Å². The molecule has 0 atom stereocenters. The van der Waals surface area contributed by atoms with Gasteiger partial charge in [0.2, 0.25) is 0 Å². The molecule has 0 aliphatic rings. The molecule has 0 fully saturated rings. The third-order valence-corrected chi connectivity index (χ3v) is 3.12. The van der Waals surface area contributed by atoms with E-state index in [1.807, 2.05) is 19.9 Å². The van der Waals surface area contributed by atoms with Crippen LogP contribution in [0.5, 0.6) is 0 Å². The summed E-state index contributed by atoms with van der Waals surface area (Å²) in [4.78, 5) is 23.4. The Labute approximate surface area is 91.9 Å². The van der Waals surface area contributed by atoms with Crippen LogP contribution in [0.25, 0.3) is 0 Å². The maximum absolute atomic E-state index is 11.5. The summed E-state index contributed by atoms with van der Waals surface area (Å²) in [5, 5.41) is 10.7. The lowest BCUT2D eigenvalue weighted by Crippen LogP contribution is -2.28. The summed E-state index contributed by atoms with van der Waals surface area (Å²) in [6.07, 6.45) is 0.883. The molecule has 0 saturated carbocycles. The Balaban J connectivity index is 2.69. The smallest absolute Gasteiger partial charge is 0.322 e. The first kappa shape index (κ1) is 11.7. The van der Waals surface area contributed by atoms with Gasteiger partial charge < -0.3 is 10.4 Å². The molecule has 0 bridgehead atoms. The zero-order valence-electron chi connectivity index (χ0n) is 8.66. The molecule has 0 unspecified atom stereocenters. The van der Waals surface area contributed by atoms with E-state index in [2.05, 4.69) is 5.32 Å². The molecule has 0 spiro atoms. The van der Waals surface area contributed by atoms with E-state index in [4.69, 9.17) is 5.11 Å². The lowest BCUT2D eigenvalue weighted by Gasteiger charge is -1.97. The van der Waals surface area contributed by atoms with Gasteiger partial charge in [-0.25, -0.2) is 0 Å². The minimum atomic E-state index is -1.03. The Bertz CT molecular complexity index is 384. The van der Waals surface area contributed by atoms with Crippen LogP contribution in [0.15, 0.2) is 6.07 Å². The van der Waals surface area contributed by atoms with Gasteiger partial charge in [-0.1, -0.05) is 6.92 Å². The standard InChI is InChI=1S/C10H13NO3S/c1-3-7-4-8(15-6(7)2)10(14)11-5-9(12)13/h4H,3,5H2,1-2H3,(H,11,14)(H,12,13). The summed E-state index contributed by atoms with van der Waals surface area (Å²) >= 11 is 1.39. The second-order valence-corrected chi connectivity index (χ2v) is 4.38. The molecule has 0 saturated heterocycles. The highest BCUT2D eigenvalue weighted by atomic mass is 32.1. The van der Waals surface area contributed by atoms with E-state index in [-0.39, 0.29) is 12.5 Å². The fourth-order valence-corrected chi connectivity index (χ4v) is 2.26. The predicted octanol–water partition coefficient (Wildman–Crippen LogP) is 1.43. The SMILES string of the molecule is CCc1cc(C(=O)NCC(=O)O)sc1C. The molecule has 0 radical (unpaired) electrons. The van der Waals surface area contributed by atoms with Gasteiger partial charge in [0.25, 0.3) is 5.91 Å². The van der Waals surface area contributed by atoms with Crippen molar-refractivity contribution in [1.29, 1.82) is 0 Å². The van der Waals surface area contributed by atoms with Crippen LogP contribution in [0, 0.1) is 6.92 Å². The van der Waals surface area contributed by atoms with Gasteiger partial charge >= 0.3 is 5.97 Å². The van der Waals surface area contributed by atoms with Crippen molar-refractivity contribution < 1.29 is 14.7 Å². The van der Waals surface area contributed by atoms with Gasteiger partial charge in [-0.05, 0) is 25.0 Å². The van der Waals surface area contributed by atoms with Crippen LogP contribution in [-0.4, -0.2) is 23.5 Å². The van der Waals surface area contributed by atoms with Crippen LogP contribution in [0.1, 0.15) is 27.0 Å². The molecule has 2 N–H and O–H groups in total. The molecule has 0 aromatic carbocycles. The highest BCUT2D eigenvalue weighted by Crippen LogP contribution is 2.21. The minimum Gasteiger partial charge on any atom is -0.480 e. The van der Waals surface area contributed by atoms with Crippen molar-refractivity contribution in [2.45, 2.75) is 20.3 Å². The number of carbonyl (C=O) groups is 2. The van der Waals surface area contributed by atoms with Gasteiger partial charge in [0.15, 0.2) is 0 Å². The summed E-state index contributed by atoms with van der Waals surface area (Å²) in [5.74, 6) is -1.35. The minimum absolute atomic E-state index is 0.315. The summed E-state index contributed by atoms with van der Waals surface area (Å²) < 4.78 is 0. The van der Waals surface area contributed by atoms with Crippen LogP contribution in [0.2, 0.25) is 0 Å². The zero-order chi connectivity index (χ0) is 11.4. The normalized spacial score (nSPS) is 10.0. The first-order chi connectivity index (χ1) is 7.04. The first-order valence-corrected chi connectivity index (χ1v) is 5.45. The number of carboxylic acids is 1. The second kappa shape index (κ2) is 4.93. The Morgan fingerprint density at radius 1 is 1.53 bits per heavy atom. The maximum atomic E-state index is 11.5. The number of rotatable bonds is 4. The van der Waals surface area contributed by atoms with Crippen LogP contribution >= 0.6 is 11.3 Å². The number of nitrogens with one attached hydrogen (secondary N) is 1. The molecule has 1 aromatic rings. The van der Waals surface area contributed by atoms with Crippen LogP contribution in [0.4, 0.5) is 0 Å². The number of hydrogen-bond acceptors (Lipinski definition) is 3. The second-order valence-electron chi connectivity index (χ2n) is 3.12. The molecule has 5 heteroatoms. The summed E-state index contributed by atoms with van der Waals surface area (Å²) in [7, 11) is 0. The van der Waals surface area contributed by atoms with E-state index in [9.17, 15) is 9.59 Å². The van der Waals surface area contributed by atoms with Gasteiger partial charge in [-0.3, -0.25) is 9.59 Å². The molecule has 1 aromatic heterocycles. The summed E-state index contributed by atoms with van der Waals surface area (Å²) in [6, 6.07) is 1.82. The number of hydrogen-bond donors (Lipinski definition) is 2. The lowest BCUT2D eigenvalue weighted by molar-refractivity contribution is -0.135. The van der Waals surface area contributed by atoms with E-state index >= 15 is 0 Å². The first-order valence-electron chi connectivity index (χ1n) is 4.64. The topological polar surface area (TPSA) is 66.4 Å². The van der Waals surface area contributed by atoms with Crippen molar-refractivity contribution >= 4 is 23.2 Å². The van der Waals surface area contributed by atoms with Gasteiger partial charge in [-0.2, -0.15) is 0 Å². The molecular formula is C10H13NO3S. The average molecular weight is 227 g/mol. The Hall–Kier alpha value is -1.36. The Morgan fingerprint density at radius 3 is 2.67 bits per heavy atom. The molecule has 0 aliphatic heterocycles. The maximum Gasteiger partial charge on any atom is 0.322 e. The fourth-order valence-electron chi connectivity index (χ4n) is 1.23.